The summed E-state index contributed by atoms with van der Waals surface area (Å²) in [6, 6.07) is 19.9. The number of aromatic nitrogens is 2. The molecule has 3 aromatic carbocycles. The first kappa shape index (κ1) is 19.2. The molecule has 150 valence electrons. The molecule has 0 radical (unpaired) electrons. The van der Waals surface area contributed by atoms with Crippen molar-refractivity contribution >= 4 is 23.2 Å². The van der Waals surface area contributed by atoms with Crippen LogP contribution in [0.15, 0.2) is 71.8 Å². The van der Waals surface area contributed by atoms with Crippen molar-refractivity contribution in [1.29, 1.82) is 0 Å². The number of phenolic OH excluding ortho intramolecular Hbond substituents is 1. The smallest absolute Gasteiger partial charge is 0.271 e. The normalized spacial score (nSPS) is 11.1. The molecule has 0 saturated carbocycles. The summed E-state index contributed by atoms with van der Waals surface area (Å²) in [4.78, 5) is 20.3. The van der Waals surface area contributed by atoms with E-state index in [0.29, 0.717) is 23.5 Å². The number of carbonyl (C=O) groups is 1. The summed E-state index contributed by atoms with van der Waals surface area (Å²) in [7, 11) is 0. The summed E-state index contributed by atoms with van der Waals surface area (Å²) in [5, 5.41) is 13.7. The predicted molar refractivity (Wildman–Crippen MR) is 116 cm³/mol. The van der Waals surface area contributed by atoms with Crippen LogP contribution in [0.4, 0.5) is 0 Å². The number of carbonyl (C=O) groups excluding carboxylic acids is 1. The zero-order valence-corrected chi connectivity index (χ0v) is 16.3. The molecule has 4 aromatic rings. The lowest BCUT2D eigenvalue weighted by Gasteiger charge is -2.06. The molecule has 1 heterocycles. The highest BCUT2D eigenvalue weighted by atomic mass is 16.5. The molecule has 7 nitrogen and oxygen atoms in total. The Morgan fingerprint density at radius 2 is 2.00 bits per heavy atom. The van der Waals surface area contributed by atoms with Crippen molar-refractivity contribution < 1.29 is 14.6 Å². The standard InChI is InChI=1S/C23H20N4O3/c1-2-30-21-12-15(8-11-20(21)28)14-24-27-23(29)17-9-10-18-19(13-17)26-22(25-18)16-6-4-3-5-7-16/h3-14,28H,2H2,1H3,(H,25,26)(H,27,29)/b24-14+. The van der Waals surface area contributed by atoms with Gasteiger partial charge in [0.25, 0.3) is 5.91 Å². The van der Waals surface area contributed by atoms with Crippen molar-refractivity contribution in [3.63, 3.8) is 0 Å². The van der Waals surface area contributed by atoms with E-state index in [1.165, 1.54) is 12.3 Å². The van der Waals surface area contributed by atoms with E-state index in [-0.39, 0.29) is 11.7 Å². The van der Waals surface area contributed by atoms with E-state index in [4.69, 9.17) is 4.74 Å². The lowest BCUT2D eigenvalue weighted by molar-refractivity contribution is 0.0955. The molecule has 0 aliphatic rings. The van der Waals surface area contributed by atoms with Crippen molar-refractivity contribution in [2.24, 2.45) is 5.10 Å². The second kappa shape index (κ2) is 8.48. The SMILES string of the molecule is CCOc1cc(/C=N/NC(=O)c2ccc3nc(-c4ccccc4)[nH]c3c2)ccc1O. The molecule has 0 saturated heterocycles. The minimum Gasteiger partial charge on any atom is -0.504 e. The van der Waals surface area contributed by atoms with Gasteiger partial charge in [-0.1, -0.05) is 30.3 Å². The quantitative estimate of drug-likeness (QED) is 0.335. The van der Waals surface area contributed by atoms with E-state index < -0.39 is 0 Å². The van der Waals surface area contributed by atoms with Gasteiger partial charge in [0.05, 0.1) is 23.9 Å². The third-order valence-corrected chi connectivity index (χ3v) is 4.45. The van der Waals surface area contributed by atoms with Gasteiger partial charge in [0, 0.05) is 11.1 Å². The van der Waals surface area contributed by atoms with Gasteiger partial charge in [-0.15, -0.1) is 0 Å². The van der Waals surface area contributed by atoms with Gasteiger partial charge >= 0.3 is 0 Å². The highest BCUT2D eigenvalue weighted by Crippen LogP contribution is 2.26. The molecular weight excluding hydrogens is 380 g/mol. The Kier molecular flexibility index (Phi) is 5.43. The number of nitrogens with zero attached hydrogens (tertiary/aromatic N) is 2. The first-order valence-electron chi connectivity index (χ1n) is 9.48. The number of phenols is 1. The molecule has 30 heavy (non-hydrogen) atoms. The van der Waals surface area contributed by atoms with Crippen LogP contribution >= 0.6 is 0 Å². The number of aromatic hydroxyl groups is 1. The molecule has 7 heteroatoms. The lowest BCUT2D eigenvalue weighted by Crippen LogP contribution is -2.17. The maximum Gasteiger partial charge on any atom is 0.271 e. The summed E-state index contributed by atoms with van der Waals surface area (Å²) >= 11 is 0. The maximum atomic E-state index is 12.5. The molecule has 0 aliphatic carbocycles. The predicted octanol–water partition coefficient (Wildman–Crippen LogP) is 4.10. The monoisotopic (exact) mass is 400 g/mol. The fourth-order valence-electron chi connectivity index (χ4n) is 3.00. The molecule has 0 aliphatic heterocycles. The molecule has 1 amide bonds. The zero-order chi connectivity index (χ0) is 20.9. The number of nitrogens with one attached hydrogen (secondary N) is 2. The van der Waals surface area contributed by atoms with E-state index >= 15 is 0 Å². The van der Waals surface area contributed by atoms with Crippen LogP contribution in [0.1, 0.15) is 22.8 Å². The molecule has 4 rings (SSSR count). The number of hydrazone groups is 1. The van der Waals surface area contributed by atoms with Gasteiger partial charge in [0.2, 0.25) is 0 Å². The number of hydrogen-bond donors (Lipinski definition) is 3. The summed E-state index contributed by atoms with van der Waals surface area (Å²) in [5.74, 6) is 0.832. The number of benzene rings is 3. The number of rotatable bonds is 6. The number of amides is 1. The number of hydrogen-bond acceptors (Lipinski definition) is 5. The average Bonchev–Trinajstić information content (AvgIpc) is 3.20. The average molecular weight is 400 g/mol. The lowest BCUT2D eigenvalue weighted by atomic mass is 10.2. The molecule has 0 unspecified atom stereocenters. The molecule has 3 N–H and O–H groups in total. The highest BCUT2D eigenvalue weighted by molar-refractivity contribution is 5.98. The van der Waals surface area contributed by atoms with Crippen molar-refractivity contribution in [1.82, 2.24) is 15.4 Å². The number of imidazole rings is 1. The zero-order valence-electron chi connectivity index (χ0n) is 16.3. The van der Waals surface area contributed by atoms with Crippen LogP contribution < -0.4 is 10.2 Å². The van der Waals surface area contributed by atoms with Gasteiger partial charge in [-0.3, -0.25) is 4.79 Å². The third kappa shape index (κ3) is 4.15. The van der Waals surface area contributed by atoms with Gasteiger partial charge in [0.1, 0.15) is 5.82 Å². The Balaban J connectivity index is 1.48. The Morgan fingerprint density at radius 1 is 1.17 bits per heavy atom. The van der Waals surface area contributed by atoms with Crippen LogP contribution in [0.3, 0.4) is 0 Å². The number of aromatic amines is 1. The van der Waals surface area contributed by atoms with Crippen molar-refractivity contribution in [2.75, 3.05) is 6.61 Å². The highest BCUT2D eigenvalue weighted by Gasteiger charge is 2.09. The van der Waals surface area contributed by atoms with Gasteiger partial charge in [-0.05, 0) is 48.9 Å². The minimum absolute atomic E-state index is 0.0563. The van der Waals surface area contributed by atoms with Gasteiger partial charge < -0.3 is 14.8 Å². The van der Waals surface area contributed by atoms with Gasteiger partial charge in [0.15, 0.2) is 11.5 Å². The van der Waals surface area contributed by atoms with E-state index in [1.54, 1.807) is 30.3 Å². The van der Waals surface area contributed by atoms with Crippen LogP contribution in [0.2, 0.25) is 0 Å². The van der Waals surface area contributed by atoms with Crippen molar-refractivity contribution in [2.45, 2.75) is 6.92 Å². The van der Waals surface area contributed by atoms with Crippen molar-refractivity contribution in [3.05, 3.63) is 77.9 Å². The van der Waals surface area contributed by atoms with E-state index in [9.17, 15) is 9.90 Å². The van der Waals surface area contributed by atoms with Gasteiger partial charge in [-0.2, -0.15) is 5.10 Å². The Hall–Kier alpha value is -4.13. The van der Waals surface area contributed by atoms with Crippen molar-refractivity contribution in [3.8, 4) is 22.9 Å². The minimum atomic E-state index is -0.340. The van der Waals surface area contributed by atoms with Crippen LogP contribution in [-0.4, -0.2) is 33.8 Å². The summed E-state index contributed by atoms with van der Waals surface area (Å²) < 4.78 is 5.34. The largest absolute Gasteiger partial charge is 0.504 e. The summed E-state index contributed by atoms with van der Waals surface area (Å²) in [5.41, 5.74) is 6.18. The third-order valence-electron chi connectivity index (χ3n) is 4.45. The van der Waals surface area contributed by atoms with Crippen LogP contribution in [-0.2, 0) is 0 Å². The molecule has 1 aromatic heterocycles. The number of ether oxygens (including phenoxy) is 1. The molecule has 0 atom stereocenters. The van der Waals surface area contributed by atoms with E-state index in [0.717, 1.165) is 22.4 Å². The Bertz CT molecular complexity index is 1220. The van der Waals surface area contributed by atoms with E-state index in [1.807, 2.05) is 37.3 Å². The van der Waals surface area contributed by atoms with Crippen LogP contribution in [0.25, 0.3) is 22.4 Å². The topological polar surface area (TPSA) is 99.6 Å². The second-order valence-corrected chi connectivity index (χ2v) is 6.54. The van der Waals surface area contributed by atoms with Gasteiger partial charge in [-0.25, -0.2) is 10.4 Å². The first-order valence-corrected chi connectivity index (χ1v) is 9.48. The fraction of sp³-hybridized carbons (Fsp3) is 0.0870. The summed E-state index contributed by atoms with van der Waals surface area (Å²) in [6.07, 6.45) is 1.49. The summed E-state index contributed by atoms with van der Waals surface area (Å²) in [6.45, 7) is 2.27. The molecule has 0 fully saturated rings. The number of H-pyrrole nitrogens is 1. The first-order chi connectivity index (χ1) is 14.6. The second-order valence-electron chi connectivity index (χ2n) is 6.54. The maximum absolute atomic E-state index is 12.5. The number of fused-ring (bicyclic) bond motifs is 1. The molecule has 0 spiro atoms. The Morgan fingerprint density at radius 3 is 2.80 bits per heavy atom. The Labute approximate surface area is 173 Å². The molecular formula is C23H20N4O3. The fourth-order valence-corrected chi connectivity index (χ4v) is 3.00. The van der Waals surface area contributed by atoms with Crippen LogP contribution in [0.5, 0.6) is 11.5 Å². The molecule has 0 bridgehead atoms. The van der Waals surface area contributed by atoms with Crippen LogP contribution in [0, 0.1) is 0 Å². The van der Waals surface area contributed by atoms with E-state index in [2.05, 4.69) is 20.5 Å².